The summed E-state index contributed by atoms with van der Waals surface area (Å²) < 4.78 is 1.31. The largest absolute Gasteiger partial charge is 0.481 e. The number of hydrogen-bond acceptors (Lipinski definition) is 4. The Balaban J connectivity index is 2.82. The molecule has 0 amide bonds. The number of carboxylic acids is 2. The Kier molecular flexibility index (Phi) is 5.35. The van der Waals surface area contributed by atoms with Crippen LogP contribution in [0.3, 0.4) is 0 Å². The highest BCUT2D eigenvalue weighted by atomic mass is 35.5. The van der Waals surface area contributed by atoms with E-state index in [1.807, 2.05) is 6.92 Å². The Labute approximate surface area is 142 Å². The van der Waals surface area contributed by atoms with E-state index in [1.165, 1.54) is 4.68 Å². The number of nitrogens with zero attached hydrogens (tertiary/aromatic N) is 2. The van der Waals surface area contributed by atoms with Gasteiger partial charge in [-0.3, -0.25) is 9.59 Å². The van der Waals surface area contributed by atoms with Crippen LogP contribution < -0.4 is 5.43 Å². The Morgan fingerprint density at radius 2 is 1.83 bits per heavy atom. The van der Waals surface area contributed by atoms with E-state index in [9.17, 15) is 19.5 Å². The fourth-order valence-corrected chi connectivity index (χ4v) is 2.50. The van der Waals surface area contributed by atoms with Crippen molar-refractivity contribution >= 4 is 23.5 Å². The predicted octanol–water partition coefficient (Wildman–Crippen LogP) is 2.16. The number of aromatic nitrogens is 2. The van der Waals surface area contributed by atoms with Gasteiger partial charge in [0.15, 0.2) is 0 Å². The molecule has 126 valence electrons. The zero-order chi connectivity index (χ0) is 17.9. The smallest absolute Gasteiger partial charge is 0.360 e. The van der Waals surface area contributed by atoms with Crippen molar-refractivity contribution in [3.63, 3.8) is 0 Å². The molecule has 2 N–H and O–H groups in total. The second-order valence-corrected chi connectivity index (χ2v) is 5.55. The predicted molar refractivity (Wildman–Crippen MR) is 87.1 cm³/mol. The number of carbonyl (C=O) groups is 2. The Morgan fingerprint density at radius 3 is 2.33 bits per heavy atom. The van der Waals surface area contributed by atoms with Crippen LogP contribution in [0.5, 0.6) is 0 Å². The van der Waals surface area contributed by atoms with Crippen LogP contribution in [0.1, 0.15) is 35.1 Å². The van der Waals surface area contributed by atoms with Crippen LogP contribution >= 0.6 is 11.6 Å². The number of aliphatic carboxylic acids is 1. The molecular weight excluding hydrogens is 336 g/mol. The molecule has 0 bridgehead atoms. The zero-order valence-corrected chi connectivity index (χ0v) is 13.6. The third-order valence-electron chi connectivity index (χ3n) is 3.38. The van der Waals surface area contributed by atoms with Gasteiger partial charge in [-0.2, -0.15) is 5.10 Å². The fraction of sp³-hybridized carbons (Fsp3) is 0.250. The van der Waals surface area contributed by atoms with Gasteiger partial charge in [-0.1, -0.05) is 24.9 Å². The van der Waals surface area contributed by atoms with Gasteiger partial charge in [0.25, 0.3) is 0 Å². The molecule has 1 heterocycles. The number of aromatic carboxylic acids is 1. The van der Waals surface area contributed by atoms with Crippen LogP contribution in [0, 0.1) is 0 Å². The van der Waals surface area contributed by atoms with Crippen molar-refractivity contribution in [1.82, 2.24) is 9.78 Å². The summed E-state index contributed by atoms with van der Waals surface area (Å²) in [6.07, 6.45) is 0.450. The molecule has 0 saturated carbocycles. The van der Waals surface area contributed by atoms with E-state index in [-0.39, 0.29) is 5.56 Å². The van der Waals surface area contributed by atoms with E-state index >= 15 is 0 Å². The third-order valence-corrected chi connectivity index (χ3v) is 3.63. The molecule has 0 fully saturated rings. The number of benzene rings is 1. The van der Waals surface area contributed by atoms with Gasteiger partial charge in [-0.25, -0.2) is 9.48 Å². The lowest BCUT2D eigenvalue weighted by Crippen LogP contribution is -2.30. The second-order valence-electron chi connectivity index (χ2n) is 5.12. The monoisotopic (exact) mass is 350 g/mol. The first-order valence-electron chi connectivity index (χ1n) is 7.21. The standard InChI is InChI=1S/C16H15ClN2O5/c1-2-3-12-11(8-13(20)21)15(22)14(16(23)24)18-19(12)10-6-4-9(17)5-7-10/h4-7H,2-3,8H2,1H3,(H,20,21)(H,23,24). The van der Waals surface area contributed by atoms with Gasteiger partial charge in [-0.15, -0.1) is 0 Å². The first-order chi connectivity index (χ1) is 11.3. The van der Waals surface area contributed by atoms with Crippen molar-refractivity contribution in [1.29, 1.82) is 0 Å². The van der Waals surface area contributed by atoms with Gasteiger partial charge in [-0.05, 0) is 30.7 Å². The highest BCUT2D eigenvalue weighted by Gasteiger charge is 2.23. The fourth-order valence-electron chi connectivity index (χ4n) is 2.37. The van der Waals surface area contributed by atoms with E-state index in [2.05, 4.69) is 5.10 Å². The van der Waals surface area contributed by atoms with Crippen molar-refractivity contribution in [3.8, 4) is 5.69 Å². The summed E-state index contributed by atoms with van der Waals surface area (Å²) in [5.41, 5.74) is -0.750. The summed E-state index contributed by atoms with van der Waals surface area (Å²) in [5.74, 6) is -2.72. The molecule has 0 spiro atoms. The molecule has 0 unspecified atom stereocenters. The molecule has 1 aromatic carbocycles. The van der Waals surface area contributed by atoms with Crippen molar-refractivity contribution in [2.45, 2.75) is 26.2 Å². The summed E-state index contributed by atoms with van der Waals surface area (Å²) in [5, 5.41) is 22.7. The van der Waals surface area contributed by atoms with E-state index in [0.29, 0.717) is 29.2 Å². The number of hydrogen-bond donors (Lipinski definition) is 2. The van der Waals surface area contributed by atoms with Gasteiger partial charge in [0.2, 0.25) is 11.1 Å². The van der Waals surface area contributed by atoms with E-state index in [1.54, 1.807) is 24.3 Å². The molecule has 2 aromatic rings. The van der Waals surface area contributed by atoms with Crippen molar-refractivity contribution in [3.05, 3.63) is 56.5 Å². The maximum atomic E-state index is 12.3. The minimum Gasteiger partial charge on any atom is -0.481 e. The van der Waals surface area contributed by atoms with Gasteiger partial charge < -0.3 is 10.2 Å². The molecule has 24 heavy (non-hydrogen) atoms. The molecule has 1 aromatic heterocycles. The van der Waals surface area contributed by atoms with Gasteiger partial charge in [0, 0.05) is 10.6 Å². The first-order valence-corrected chi connectivity index (χ1v) is 7.59. The first kappa shape index (κ1) is 17.7. The average Bonchev–Trinajstić information content (AvgIpc) is 2.51. The summed E-state index contributed by atoms with van der Waals surface area (Å²) in [7, 11) is 0. The summed E-state index contributed by atoms with van der Waals surface area (Å²) in [6, 6.07) is 6.44. The lowest BCUT2D eigenvalue weighted by Gasteiger charge is -2.16. The molecule has 0 saturated heterocycles. The normalized spacial score (nSPS) is 10.6. The van der Waals surface area contributed by atoms with Crippen molar-refractivity contribution in [2.24, 2.45) is 0 Å². The lowest BCUT2D eigenvalue weighted by molar-refractivity contribution is -0.136. The molecule has 0 aliphatic carbocycles. The van der Waals surface area contributed by atoms with Crippen LogP contribution in [0.25, 0.3) is 5.69 Å². The highest BCUT2D eigenvalue weighted by molar-refractivity contribution is 6.30. The molecule has 0 aliphatic rings. The molecular formula is C16H15ClN2O5. The molecule has 8 heteroatoms. The molecule has 0 aliphatic heterocycles. The molecule has 7 nitrogen and oxygen atoms in total. The van der Waals surface area contributed by atoms with Crippen LogP contribution in [0.15, 0.2) is 29.1 Å². The van der Waals surface area contributed by atoms with Crippen LogP contribution in [0.2, 0.25) is 5.02 Å². The SMILES string of the molecule is CCCc1c(CC(=O)O)c(=O)c(C(=O)O)nn1-c1ccc(Cl)cc1. The second kappa shape index (κ2) is 7.27. The molecule has 2 rings (SSSR count). The number of halogens is 1. The third kappa shape index (κ3) is 3.62. The van der Waals surface area contributed by atoms with Crippen molar-refractivity contribution in [2.75, 3.05) is 0 Å². The topological polar surface area (TPSA) is 109 Å². The maximum Gasteiger partial charge on any atom is 0.360 e. The quantitative estimate of drug-likeness (QED) is 0.826. The van der Waals surface area contributed by atoms with Crippen LogP contribution in [-0.4, -0.2) is 31.9 Å². The maximum absolute atomic E-state index is 12.3. The van der Waals surface area contributed by atoms with Crippen molar-refractivity contribution < 1.29 is 19.8 Å². The lowest BCUT2D eigenvalue weighted by atomic mass is 10.0. The van der Waals surface area contributed by atoms with E-state index < -0.39 is 29.5 Å². The molecule has 0 radical (unpaired) electrons. The van der Waals surface area contributed by atoms with E-state index in [0.717, 1.165) is 0 Å². The highest BCUT2D eigenvalue weighted by Crippen LogP contribution is 2.18. The Morgan fingerprint density at radius 1 is 1.21 bits per heavy atom. The summed E-state index contributed by atoms with van der Waals surface area (Å²) in [4.78, 5) is 34.8. The van der Waals surface area contributed by atoms with Gasteiger partial charge in [0.1, 0.15) is 0 Å². The van der Waals surface area contributed by atoms with Gasteiger partial charge >= 0.3 is 11.9 Å². The Hall–Kier alpha value is -2.67. The van der Waals surface area contributed by atoms with Crippen LogP contribution in [-0.2, 0) is 17.6 Å². The minimum atomic E-state index is -1.50. The molecule has 0 atom stereocenters. The number of carboxylic acid groups (broad SMARTS) is 2. The summed E-state index contributed by atoms with van der Waals surface area (Å²) in [6.45, 7) is 1.87. The van der Waals surface area contributed by atoms with E-state index in [4.69, 9.17) is 16.7 Å². The number of rotatable bonds is 6. The summed E-state index contributed by atoms with van der Waals surface area (Å²) >= 11 is 5.86. The van der Waals surface area contributed by atoms with Gasteiger partial charge in [0.05, 0.1) is 17.8 Å². The zero-order valence-electron chi connectivity index (χ0n) is 12.8. The average molecular weight is 351 g/mol. The van der Waals surface area contributed by atoms with Crippen LogP contribution in [0.4, 0.5) is 0 Å². The Bertz CT molecular complexity index is 843. The minimum absolute atomic E-state index is 0.0632.